The van der Waals surface area contributed by atoms with Crippen molar-refractivity contribution in [3.8, 4) is 17.2 Å². The molecule has 4 aromatic rings. The zero-order valence-corrected chi connectivity index (χ0v) is 33.1. The molecule has 0 spiro atoms. The van der Waals surface area contributed by atoms with E-state index in [2.05, 4.69) is 20.1 Å². The van der Waals surface area contributed by atoms with Gasteiger partial charge < -0.3 is 42.6 Å². The molecule has 2 fully saturated rings. The molecule has 2 aliphatic heterocycles. The maximum atomic E-state index is 13.9. The van der Waals surface area contributed by atoms with Gasteiger partial charge in [0.15, 0.2) is 30.0 Å². The van der Waals surface area contributed by atoms with Crippen LogP contribution in [0.2, 0.25) is 0 Å². The number of ether oxygens (including phenoxy) is 9. The summed E-state index contributed by atoms with van der Waals surface area (Å²) in [6.07, 6.45) is -8.87. The minimum Gasteiger partial charge on any atom is -0.497 e. The van der Waals surface area contributed by atoms with Crippen LogP contribution in [0.4, 0.5) is 0 Å². The first-order chi connectivity index (χ1) is 29.2. The van der Waals surface area contributed by atoms with Gasteiger partial charge in [-0.2, -0.15) is 0 Å². The number of benzene rings is 4. The minimum atomic E-state index is -1.91. The second-order valence-electron chi connectivity index (χ2n) is 12.9. The molecule has 0 saturated carbocycles. The van der Waals surface area contributed by atoms with Gasteiger partial charge in [-0.25, -0.2) is 14.4 Å². The number of esters is 3. The Bertz CT molecular complexity index is 2240. The van der Waals surface area contributed by atoms with Crippen molar-refractivity contribution >= 4 is 28.7 Å². The number of carbonyl (C=O) groups is 3. The SMILES string of the molecule is COc1ccc(C(=O)OC2C(O[C@H]3O[C@@H](CN=[N+]=[N-])[C@@H](OC(=O)c4ccc(OC)cc4)[C@H](OC(=O)c4ccc(OC)cc4)[C@H]3N=[N+]=[N-])CO[C@H]2S(=O)c2ccccc2)cc1. The normalized spacial score (nSPS) is 23.7. The first kappa shape index (κ1) is 42.9. The van der Waals surface area contributed by atoms with Crippen LogP contribution in [0, 0.1) is 0 Å². The van der Waals surface area contributed by atoms with Crippen molar-refractivity contribution in [1.29, 1.82) is 0 Å². The van der Waals surface area contributed by atoms with E-state index in [0.717, 1.165) is 0 Å². The van der Waals surface area contributed by atoms with Crippen molar-refractivity contribution in [3.05, 3.63) is 141 Å². The zero-order chi connectivity index (χ0) is 42.6. The Labute approximate surface area is 345 Å². The van der Waals surface area contributed by atoms with Crippen LogP contribution in [0.15, 0.2) is 118 Å². The minimum absolute atomic E-state index is 0.0483. The van der Waals surface area contributed by atoms with E-state index in [-0.39, 0.29) is 23.3 Å². The van der Waals surface area contributed by atoms with Gasteiger partial charge in [0.25, 0.3) is 0 Å². The Morgan fingerprint density at radius 3 is 1.63 bits per heavy atom. The van der Waals surface area contributed by atoms with Crippen LogP contribution >= 0.6 is 0 Å². The summed E-state index contributed by atoms with van der Waals surface area (Å²) in [4.78, 5) is 47.2. The molecule has 3 unspecified atom stereocenters. The van der Waals surface area contributed by atoms with E-state index in [1.165, 1.54) is 82.0 Å². The molecule has 60 heavy (non-hydrogen) atoms. The highest BCUT2D eigenvalue weighted by molar-refractivity contribution is 7.85. The third-order valence-electron chi connectivity index (χ3n) is 9.39. The van der Waals surface area contributed by atoms with Gasteiger partial charge in [-0.15, -0.1) is 0 Å². The highest BCUT2D eigenvalue weighted by Crippen LogP contribution is 2.35. The van der Waals surface area contributed by atoms with Gasteiger partial charge in [0, 0.05) is 14.7 Å². The molecule has 0 N–H and O–H groups in total. The number of hydrogen-bond acceptors (Lipinski definition) is 15. The van der Waals surface area contributed by atoms with Crippen LogP contribution in [0.5, 0.6) is 17.2 Å². The van der Waals surface area contributed by atoms with Gasteiger partial charge in [-0.05, 0) is 96.0 Å². The summed E-state index contributed by atoms with van der Waals surface area (Å²) in [7, 11) is 2.47. The van der Waals surface area contributed by atoms with Gasteiger partial charge in [0.1, 0.15) is 35.5 Å². The number of hydrogen-bond donors (Lipinski definition) is 0. The second kappa shape index (κ2) is 20.3. The molecular weight excluding hydrogens is 805 g/mol. The smallest absolute Gasteiger partial charge is 0.338 e. The van der Waals surface area contributed by atoms with Crippen LogP contribution in [0.3, 0.4) is 0 Å². The summed E-state index contributed by atoms with van der Waals surface area (Å²) in [5, 5.41) is 7.52. The predicted molar refractivity (Wildman–Crippen MR) is 210 cm³/mol. The molecule has 0 bridgehead atoms. The average molecular weight is 843 g/mol. The molecule has 2 aliphatic rings. The zero-order valence-electron chi connectivity index (χ0n) is 32.2. The molecular formula is C40H38N6O13S. The van der Waals surface area contributed by atoms with E-state index in [9.17, 15) is 29.7 Å². The lowest BCUT2D eigenvalue weighted by Crippen LogP contribution is -2.62. The van der Waals surface area contributed by atoms with Crippen molar-refractivity contribution < 1.29 is 61.2 Å². The molecule has 2 saturated heterocycles. The molecule has 19 nitrogen and oxygen atoms in total. The number of nitrogens with zero attached hydrogens (tertiary/aromatic N) is 6. The fourth-order valence-electron chi connectivity index (χ4n) is 6.33. The number of rotatable bonds is 16. The standard InChI is InChI=1S/C40H38N6O13S/c1-51-26-15-9-23(10-16-26)36(47)57-33-30(21-43-45-41)55-39(32(44-46-42)35(33)59-38(49)25-13-19-28(53-3)20-14-25)56-31-22-54-40(60(50)29-7-5-4-6-8-29)34(31)58-37(48)24-11-17-27(52-2)18-12-24/h4-20,30-35,39-40H,21-22H2,1-3H3/t30-,31?,32+,33+,34?,35+,39+,40-,60?/m0/s1. The van der Waals surface area contributed by atoms with Gasteiger partial charge in [0.05, 0.1) is 62.0 Å². The average Bonchev–Trinajstić information content (AvgIpc) is 3.68. The largest absolute Gasteiger partial charge is 0.497 e. The first-order valence-electron chi connectivity index (χ1n) is 18.2. The van der Waals surface area contributed by atoms with Crippen LogP contribution in [-0.2, 0) is 39.2 Å². The second-order valence-corrected chi connectivity index (χ2v) is 14.5. The quantitative estimate of drug-likeness (QED) is 0.0416. The van der Waals surface area contributed by atoms with Crippen LogP contribution in [0.1, 0.15) is 31.1 Å². The van der Waals surface area contributed by atoms with Gasteiger partial charge >= 0.3 is 17.9 Å². The van der Waals surface area contributed by atoms with E-state index in [1.54, 1.807) is 42.5 Å². The fraction of sp³-hybridized carbons (Fsp3) is 0.325. The molecule has 0 amide bonds. The van der Waals surface area contributed by atoms with Gasteiger partial charge in [-0.3, -0.25) is 4.21 Å². The van der Waals surface area contributed by atoms with Gasteiger partial charge in [-0.1, -0.05) is 28.4 Å². The number of methoxy groups -OCH3 is 3. The van der Waals surface area contributed by atoms with E-state index in [0.29, 0.717) is 22.1 Å². The van der Waals surface area contributed by atoms with Crippen LogP contribution in [-0.4, -0.2) is 105 Å². The Balaban J connectivity index is 1.36. The van der Waals surface area contributed by atoms with Crippen molar-refractivity contribution in [1.82, 2.24) is 0 Å². The van der Waals surface area contributed by atoms with Crippen LogP contribution in [0.25, 0.3) is 20.9 Å². The van der Waals surface area contributed by atoms with E-state index < -0.39 is 83.5 Å². The molecule has 6 rings (SSSR count). The molecule has 4 aromatic carbocycles. The Hall–Kier alpha value is -6.66. The Kier molecular flexibility index (Phi) is 14.6. The molecule has 9 atom stereocenters. The molecule has 2 heterocycles. The number of carbonyl (C=O) groups excluding carboxylic acids is 3. The first-order valence-corrected chi connectivity index (χ1v) is 19.4. The van der Waals surface area contributed by atoms with Crippen molar-refractivity contribution in [2.24, 2.45) is 10.2 Å². The number of azide groups is 2. The lowest BCUT2D eigenvalue weighted by atomic mass is 9.96. The topological polar surface area (TPSA) is 249 Å². The van der Waals surface area contributed by atoms with E-state index in [1.807, 2.05) is 0 Å². The molecule has 0 radical (unpaired) electrons. The molecule has 0 aliphatic carbocycles. The predicted octanol–water partition coefficient (Wildman–Crippen LogP) is 5.95. The Morgan fingerprint density at radius 2 is 1.17 bits per heavy atom. The molecule has 312 valence electrons. The third-order valence-corrected chi connectivity index (χ3v) is 10.9. The summed E-state index contributed by atoms with van der Waals surface area (Å²) in [6, 6.07) is 24.6. The van der Waals surface area contributed by atoms with Crippen molar-refractivity contribution in [2.75, 3.05) is 34.5 Å². The fourth-order valence-corrected chi connectivity index (χ4v) is 7.70. The van der Waals surface area contributed by atoms with E-state index >= 15 is 0 Å². The summed E-state index contributed by atoms with van der Waals surface area (Å²) in [6.45, 7) is -0.798. The lowest BCUT2D eigenvalue weighted by molar-refractivity contribution is -0.273. The summed E-state index contributed by atoms with van der Waals surface area (Å²) >= 11 is 0. The maximum Gasteiger partial charge on any atom is 0.338 e. The Morgan fingerprint density at radius 1 is 0.683 bits per heavy atom. The van der Waals surface area contributed by atoms with Crippen molar-refractivity contribution in [2.45, 2.75) is 53.2 Å². The lowest BCUT2D eigenvalue weighted by Gasteiger charge is -2.44. The highest BCUT2D eigenvalue weighted by Gasteiger charge is 2.54. The van der Waals surface area contributed by atoms with Gasteiger partial charge in [0.2, 0.25) is 0 Å². The highest BCUT2D eigenvalue weighted by atomic mass is 32.2. The van der Waals surface area contributed by atoms with E-state index in [4.69, 9.17) is 42.6 Å². The molecule has 0 aromatic heterocycles. The summed E-state index contributed by atoms with van der Waals surface area (Å²) in [5.74, 6) is -1.24. The monoisotopic (exact) mass is 842 g/mol. The maximum absolute atomic E-state index is 13.9. The summed E-state index contributed by atoms with van der Waals surface area (Å²) in [5.41, 5.74) is 18.2. The van der Waals surface area contributed by atoms with Crippen LogP contribution < -0.4 is 14.2 Å². The van der Waals surface area contributed by atoms with Crippen molar-refractivity contribution in [3.63, 3.8) is 0 Å². The third kappa shape index (κ3) is 10.1. The molecule has 20 heteroatoms. The summed E-state index contributed by atoms with van der Waals surface area (Å²) < 4.78 is 66.0.